The molecule has 2 atom stereocenters. The average Bonchev–Trinajstić information content (AvgIpc) is 3.64. The first-order chi connectivity index (χ1) is 20.4. The van der Waals surface area contributed by atoms with Crippen LogP contribution in [0.4, 0.5) is 10.2 Å². The summed E-state index contributed by atoms with van der Waals surface area (Å²) in [5.41, 5.74) is 6.65. The maximum absolute atomic E-state index is 13.8. The number of nitrogen functional groups attached to an aromatic ring is 1. The third kappa shape index (κ3) is 6.00. The zero-order valence-electron chi connectivity index (χ0n) is 24.8. The molecule has 4 fully saturated rings. The minimum absolute atomic E-state index is 0.0351. The van der Waals surface area contributed by atoms with Crippen LogP contribution < -0.4 is 16.4 Å². The standard InChI is InChI=1S/C31H47FN8O2/c32-23-18-35-28-25(27(33)37-40(28)20-23)29(41)36-24-19-34-21-31(12-6-4-2-1-3-5-7-13-31)26(24)38-16-10-22(11-17-38)30(42)39-14-8-9-15-39/h18,20,22,24,26,34H,1-17,19,21H2,(H2,33,37)(H,36,41). The van der Waals surface area contributed by atoms with Crippen molar-refractivity contribution in [2.45, 2.75) is 95.6 Å². The van der Waals surface area contributed by atoms with Crippen molar-refractivity contribution in [1.29, 1.82) is 0 Å². The highest BCUT2D eigenvalue weighted by Crippen LogP contribution is 2.43. The van der Waals surface area contributed by atoms with Crippen molar-refractivity contribution in [3.8, 4) is 0 Å². The van der Waals surface area contributed by atoms with Gasteiger partial charge in [-0.05, 0) is 51.6 Å². The van der Waals surface area contributed by atoms with Crippen molar-refractivity contribution < 1.29 is 14.0 Å². The number of carbonyl (C=O) groups excluding carboxylic acids is 2. The Labute approximate surface area is 248 Å². The minimum atomic E-state index is -0.543. The molecule has 11 heteroatoms. The van der Waals surface area contributed by atoms with Gasteiger partial charge in [0.15, 0.2) is 17.3 Å². The Morgan fingerprint density at radius 3 is 2.33 bits per heavy atom. The number of halogens is 1. The summed E-state index contributed by atoms with van der Waals surface area (Å²) in [6, 6.07) is 0.00764. The van der Waals surface area contributed by atoms with Gasteiger partial charge in [-0.15, -0.1) is 5.10 Å². The first-order valence-electron chi connectivity index (χ1n) is 16.3. The summed E-state index contributed by atoms with van der Waals surface area (Å²) in [7, 11) is 0. The van der Waals surface area contributed by atoms with Gasteiger partial charge in [0.05, 0.1) is 18.4 Å². The van der Waals surface area contributed by atoms with Gasteiger partial charge in [0.2, 0.25) is 5.91 Å². The van der Waals surface area contributed by atoms with E-state index in [2.05, 4.69) is 30.5 Å². The number of rotatable bonds is 4. The monoisotopic (exact) mass is 582 g/mol. The van der Waals surface area contributed by atoms with E-state index in [1.807, 2.05) is 0 Å². The van der Waals surface area contributed by atoms with E-state index >= 15 is 0 Å². The molecule has 1 spiro atoms. The van der Waals surface area contributed by atoms with Crippen LogP contribution in [-0.2, 0) is 4.79 Å². The van der Waals surface area contributed by atoms with Gasteiger partial charge in [-0.3, -0.25) is 14.5 Å². The average molecular weight is 583 g/mol. The van der Waals surface area contributed by atoms with Gasteiger partial charge in [-0.2, -0.15) is 0 Å². The number of nitrogens with zero attached hydrogens (tertiary/aromatic N) is 5. The van der Waals surface area contributed by atoms with Crippen molar-refractivity contribution >= 4 is 23.3 Å². The molecule has 2 unspecified atom stereocenters. The Kier molecular flexibility index (Phi) is 8.95. The van der Waals surface area contributed by atoms with Gasteiger partial charge in [0, 0.05) is 43.6 Å². The number of aromatic nitrogens is 3. The van der Waals surface area contributed by atoms with Gasteiger partial charge in [-0.25, -0.2) is 13.9 Å². The highest BCUT2D eigenvalue weighted by molar-refractivity contribution is 6.04. The third-order valence-electron chi connectivity index (χ3n) is 10.4. The fourth-order valence-corrected chi connectivity index (χ4v) is 8.33. The summed E-state index contributed by atoms with van der Waals surface area (Å²) < 4.78 is 15.0. The fourth-order valence-electron chi connectivity index (χ4n) is 8.33. The van der Waals surface area contributed by atoms with Gasteiger partial charge in [0.1, 0.15) is 5.56 Å². The zero-order valence-corrected chi connectivity index (χ0v) is 24.8. The topological polar surface area (TPSA) is 121 Å². The molecule has 4 aliphatic rings. The number of amides is 2. The Balaban J connectivity index is 1.26. The van der Waals surface area contributed by atoms with Crippen LogP contribution in [0.5, 0.6) is 0 Å². The second kappa shape index (κ2) is 12.8. The SMILES string of the molecule is Nc1nn2cc(F)cnc2c1C(=O)NC1CNCC2(CCCCCCCCC2)C1N1CCC(C(=O)N2CCCC2)CC1. The number of hydrogen-bond acceptors (Lipinski definition) is 7. The molecular formula is C31H47FN8O2. The number of nitrogens with two attached hydrogens (primary N) is 1. The summed E-state index contributed by atoms with van der Waals surface area (Å²) in [6.07, 6.45) is 17.3. The predicted molar refractivity (Wildman–Crippen MR) is 159 cm³/mol. The summed E-state index contributed by atoms with van der Waals surface area (Å²) in [4.78, 5) is 35.8. The molecular weight excluding hydrogens is 535 g/mol. The second-order valence-electron chi connectivity index (χ2n) is 13.1. The molecule has 3 aliphatic heterocycles. The first kappa shape index (κ1) is 29.3. The van der Waals surface area contributed by atoms with Crippen molar-refractivity contribution in [2.24, 2.45) is 11.3 Å². The molecule has 0 aromatic carbocycles. The lowest BCUT2D eigenvalue weighted by atomic mass is 9.66. The molecule has 42 heavy (non-hydrogen) atoms. The van der Waals surface area contributed by atoms with Crippen LogP contribution in [-0.4, -0.2) is 87.6 Å². The molecule has 3 saturated heterocycles. The van der Waals surface area contributed by atoms with Crippen LogP contribution in [0.2, 0.25) is 0 Å². The number of anilines is 1. The van der Waals surface area contributed by atoms with E-state index in [0.29, 0.717) is 12.5 Å². The number of carbonyl (C=O) groups is 2. The molecule has 2 aromatic heterocycles. The summed E-state index contributed by atoms with van der Waals surface area (Å²) in [5, 5.41) is 11.2. The van der Waals surface area contributed by atoms with Gasteiger partial charge in [0.25, 0.3) is 5.91 Å². The van der Waals surface area contributed by atoms with E-state index in [9.17, 15) is 14.0 Å². The lowest BCUT2D eigenvalue weighted by molar-refractivity contribution is -0.136. The third-order valence-corrected chi connectivity index (χ3v) is 10.4. The van der Waals surface area contributed by atoms with Crippen molar-refractivity contribution in [3.63, 3.8) is 0 Å². The molecule has 2 aromatic rings. The summed E-state index contributed by atoms with van der Waals surface area (Å²) >= 11 is 0. The van der Waals surface area contributed by atoms with Gasteiger partial charge >= 0.3 is 0 Å². The van der Waals surface area contributed by atoms with Crippen LogP contribution in [0.1, 0.15) is 93.8 Å². The Morgan fingerprint density at radius 2 is 1.64 bits per heavy atom. The fraction of sp³-hybridized carbons (Fsp3) is 0.742. The molecule has 4 N–H and O–H groups in total. The van der Waals surface area contributed by atoms with Gasteiger partial charge in [-0.1, -0.05) is 44.9 Å². The lowest BCUT2D eigenvalue weighted by Crippen LogP contribution is -2.69. The molecule has 6 rings (SSSR count). The van der Waals surface area contributed by atoms with Crippen molar-refractivity contribution in [1.82, 2.24) is 35.0 Å². The van der Waals surface area contributed by atoms with Crippen LogP contribution in [0.3, 0.4) is 0 Å². The normalized spacial score (nSPS) is 26.5. The molecule has 5 heterocycles. The Morgan fingerprint density at radius 1 is 0.976 bits per heavy atom. The van der Waals surface area contributed by atoms with E-state index in [4.69, 9.17) is 5.73 Å². The molecule has 10 nitrogen and oxygen atoms in total. The highest BCUT2D eigenvalue weighted by atomic mass is 19.1. The molecule has 230 valence electrons. The van der Waals surface area contributed by atoms with E-state index < -0.39 is 5.82 Å². The molecule has 1 saturated carbocycles. The highest BCUT2D eigenvalue weighted by Gasteiger charge is 2.49. The van der Waals surface area contributed by atoms with Crippen LogP contribution in [0.15, 0.2) is 12.4 Å². The zero-order chi connectivity index (χ0) is 29.1. The summed E-state index contributed by atoms with van der Waals surface area (Å²) in [5.74, 6) is -0.393. The number of nitrogens with one attached hydrogen (secondary N) is 2. The molecule has 0 radical (unpaired) electrons. The maximum Gasteiger partial charge on any atom is 0.259 e. The molecule has 2 amide bonds. The van der Waals surface area contributed by atoms with E-state index in [0.717, 1.165) is 77.4 Å². The number of hydrogen-bond donors (Lipinski definition) is 3. The van der Waals surface area contributed by atoms with Crippen molar-refractivity contribution in [3.05, 3.63) is 23.8 Å². The number of fused-ring (bicyclic) bond motifs is 1. The quantitative estimate of drug-likeness (QED) is 0.506. The second-order valence-corrected chi connectivity index (χ2v) is 13.1. The lowest BCUT2D eigenvalue weighted by Gasteiger charge is -2.55. The van der Waals surface area contributed by atoms with E-state index in [-0.39, 0.29) is 46.4 Å². The van der Waals surface area contributed by atoms with Crippen molar-refractivity contribution in [2.75, 3.05) is 45.0 Å². The number of likely N-dealkylation sites (tertiary alicyclic amines) is 2. The van der Waals surface area contributed by atoms with Crippen LogP contribution >= 0.6 is 0 Å². The van der Waals surface area contributed by atoms with E-state index in [1.165, 1.54) is 55.7 Å². The van der Waals surface area contributed by atoms with Crippen LogP contribution in [0, 0.1) is 17.2 Å². The maximum atomic E-state index is 13.8. The molecule has 1 aliphatic carbocycles. The van der Waals surface area contributed by atoms with E-state index in [1.54, 1.807) is 0 Å². The Bertz CT molecular complexity index is 1240. The molecule has 0 bridgehead atoms. The number of piperidine rings is 2. The Hall–Kier alpha value is -2.79. The largest absolute Gasteiger partial charge is 0.381 e. The first-order valence-corrected chi connectivity index (χ1v) is 16.3. The minimum Gasteiger partial charge on any atom is -0.381 e. The smallest absolute Gasteiger partial charge is 0.259 e. The van der Waals surface area contributed by atoms with Crippen LogP contribution in [0.25, 0.3) is 5.65 Å². The summed E-state index contributed by atoms with van der Waals surface area (Å²) in [6.45, 7) is 5.13. The van der Waals surface area contributed by atoms with Gasteiger partial charge < -0.3 is 21.3 Å². The predicted octanol–water partition coefficient (Wildman–Crippen LogP) is 3.37.